The minimum absolute atomic E-state index is 0.00398. The summed E-state index contributed by atoms with van der Waals surface area (Å²) in [5.41, 5.74) is 3.03. The highest BCUT2D eigenvalue weighted by atomic mass is 19.4. The van der Waals surface area contributed by atoms with Crippen LogP contribution in [0.15, 0.2) is 77.5 Å². The molecule has 0 aromatic heterocycles. The molecule has 2 aromatic carbocycles. The van der Waals surface area contributed by atoms with E-state index in [4.69, 9.17) is 5.73 Å². The fourth-order valence-corrected chi connectivity index (χ4v) is 5.62. The van der Waals surface area contributed by atoms with Crippen LogP contribution in [-0.2, 0) is 12.7 Å². The molecule has 4 rings (SSSR count). The summed E-state index contributed by atoms with van der Waals surface area (Å²) in [5, 5.41) is 30.4. The maximum atomic E-state index is 14.1. The molecular formula is C27H22F3N5. The van der Waals surface area contributed by atoms with E-state index in [-0.39, 0.29) is 23.4 Å². The molecule has 1 aliphatic heterocycles. The first kappa shape index (κ1) is 24.1. The zero-order valence-electron chi connectivity index (χ0n) is 19.0. The van der Waals surface area contributed by atoms with E-state index in [0.717, 1.165) is 11.6 Å². The first-order valence-corrected chi connectivity index (χ1v) is 11.0. The van der Waals surface area contributed by atoms with Crippen molar-refractivity contribution in [2.24, 2.45) is 16.6 Å². The molecule has 0 radical (unpaired) electrons. The van der Waals surface area contributed by atoms with Gasteiger partial charge in [0.05, 0.1) is 29.0 Å². The number of nitrogens with zero attached hydrogens (tertiary/aromatic N) is 4. The van der Waals surface area contributed by atoms with Crippen molar-refractivity contribution in [1.82, 2.24) is 4.90 Å². The van der Waals surface area contributed by atoms with Gasteiger partial charge in [0.1, 0.15) is 6.07 Å². The summed E-state index contributed by atoms with van der Waals surface area (Å²) in [6.45, 7) is 2.91. The number of hydrogen-bond acceptors (Lipinski definition) is 5. The molecular weight excluding hydrogens is 451 g/mol. The van der Waals surface area contributed by atoms with Crippen LogP contribution in [0.1, 0.15) is 29.5 Å². The number of nitriles is 3. The largest absolute Gasteiger partial charge is 0.416 e. The number of benzene rings is 2. The maximum Gasteiger partial charge on any atom is 0.416 e. The Kier molecular flexibility index (Phi) is 5.93. The number of alkyl halides is 3. The number of hydrogen-bond donors (Lipinski definition) is 1. The molecule has 0 bridgehead atoms. The van der Waals surface area contributed by atoms with Crippen LogP contribution in [0.25, 0.3) is 0 Å². The molecule has 2 aromatic rings. The summed E-state index contributed by atoms with van der Waals surface area (Å²) in [4.78, 5) is 2.04. The number of nitrogens with two attached hydrogens (primary N) is 1. The van der Waals surface area contributed by atoms with Gasteiger partial charge in [-0.25, -0.2) is 0 Å². The average molecular weight is 474 g/mol. The van der Waals surface area contributed by atoms with Crippen LogP contribution >= 0.6 is 0 Å². The maximum absolute atomic E-state index is 14.1. The van der Waals surface area contributed by atoms with Gasteiger partial charge in [-0.2, -0.15) is 29.0 Å². The Bertz CT molecular complexity index is 1320. The van der Waals surface area contributed by atoms with E-state index >= 15 is 0 Å². The Morgan fingerprint density at radius 3 is 2.26 bits per heavy atom. The summed E-state index contributed by atoms with van der Waals surface area (Å²) in [6.07, 6.45) is -2.92. The zero-order chi connectivity index (χ0) is 25.4. The Hall–Kier alpha value is -4.06. The third-order valence-electron chi connectivity index (χ3n) is 7.05. The Morgan fingerprint density at radius 1 is 1.03 bits per heavy atom. The van der Waals surface area contributed by atoms with Crippen molar-refractivity contribution in [3.63, 3.8) is 0 Å². The van der Waals surface area contributed by atoms with Gasteiger partial charge in [-0.15, -0.1) is 0 Å². The summed E-state index contributed by atoms with van der Waals surface area (Å²) in [5.74, 6) is -1.26. The lowest BCUT2D eigenvalue weighted by molar-refractivity contribution is -0.138. The third kappa shape index (κ3) is 3.75. The number of fused-ring (bicyclic) bond motifs is 1. The van der Waals surface area contributed by atoms with Crippen LogP contribution < -0.4 is 5.73 Å². The van der Waals surface area contributed by atoms with Gasteiger partial charge >= 0.3 is 6.18 Å². The van der Waals surface area contributed by atoms with Gasteiger partial charge in [-0.05, 0) is 22.8 Å². The molecule has 35 heavy (non-hydrogen) atoms. The van der Waals surface area contributed by atoms with Crippen LogP contribution in [0, 0.1) is 44.8 Å². The van der Waals surface area contributed by atoms with Gasteiger partial charge in [0.15, 0.2) is 5.41 Å². The molecule has 2 unspecified atom stereocenters. The first-order chi connectivity index (χ1) is 16.6. The highest BCUT2D eigenvalue weighted by Crippen LogP contribution is 2.61. The van der Waals surface area contributed by atoms with E-state index in [0.29, 0.717) is 18.7 Å². The van der Waals surface area contributed by atoms with Crippen molar-refractivity contribution in [2.75, 3.05) is 13.1 Å². The Labute approximate surface area is 201 Å². The predicted molar refractivity (Wildman–Crippen MR) is 123 cm³/mol. The van der Waals surface area contributed by atoms with Gasteiger partial charge in [0, 0.05) is 31.0 Å². The molecule has 0 amide bonds. The molecule has 0 fully saturated rings. The zero-order valence-corrected chi connectivity index (χ0v) is 19.0. The highest BCUT2D eigenvalue weighted by molar-refractivity contribution is 5.62. The molecule has 0 spiro atoms. The van der Waals surface area contributed by atoms with Crippen LogP contribution in [0.4, 0.5) is 13.2 Å². The second-order valence-corrected chi connectivity index (χ2v) is 9.14. The minimum Gasteiger partial charge on any atom is -0.399 e. The average Bonchev–Trinajstić information content (AvgIpc) is 2.84. The summed E-state index contributed by atoms with van der Waals surface area (Å²) in [6, 6.07) is 20.5. The van der Waals surface area contributed by atoms with E-state index in [1.165, 1.54) is 18.2 Å². The van der Waals surface area contributed by atoms with Crippen molar-refractivity contribution >= 4 is 0 Å². The molecule has 2 N–H and O–H groups in total. The molecule has 0 saturated heterocycles. The van der Waals surface area contributed by atoms with E-state index in [1.54, 1.807) is 13.0 Å². The van der Waals surface area contributed by atoms with E-state index < -0.39 is 28.5 Å². The SMILES string of the molecule is CC12CN(Cc3ccccc3)CC=C1C(C#N)=C(N)C(C#N)(C#N)C2c1ccccc1C(F)(F)F. The van der Waals surface area contributed by atoms with Crippen molar-refractivity contribution < 1.29 is 13.2 Å². The Balaban J connectivity index is 1.98. The smallest absolute Gasteiger partial charge is 0.399 e. The van der Waals surface area contributed by atoms with Crippen LogP contribution in [0.2, 0.25) is 0 Å². The number of rotatable bonds is 3. The fraction of sp³-hybridized carbons (Fsp3) is 0.296. The lowest BCUT2D eigenvalue weighted by Gasteiger charge is -2.53. The number of halogens is 3. The molecule has 176 valence electrons. The standard InChI is InChI=1S/C27H22F3N5/c1-25-17-35(14-18-7-3-2-4-8-18)12-11-21(25)20(13-31)24(34)26(15-32,16-33)23(25)19-9-5-6-10-22(19)27(28,29)30/h2-11,23H,12,14,17,34H2,1H3. The van der Waals surface area contributed by atoms with Crippen molar-refractivity contribution in [3.8, 4) is 18.2 Å². The summed E-state index contributed by atoms with van der Waals surface area (Å²) in [7, 11) is 0. The van der Waals surface area contributed by atoms with Gasteiger partial charge in [-0.3, -0.25) is 4.90 Å². The number of allylic oxidation sites excluding steroid dienone is 2. The molecule has 1 aliphatic carbocycles. The van der Waals surface area contributed by atoms with Crippen LogP contribution in [0.3, 0.4) is 0 Å². The van der Waals surface area contributed by atoms with E-state index in [1.807, 2.05) is 53.4 Å². The van der Waals surface area contributed by atoms with E-state index in [9.17, 15) is 29.0 Å². The minimum atomic E-state index is -4.71. The van der Waals surface area contributed by atoms with Gasteiger partial charge in [0.2, 0.25) is 0 Å². The van der Waals surface area contributed by atoms with E-state index in [2.05, 4.69) is 0 Å². The van der Waals surface area contributed by atoms with Gasteiger partial charge < -0.3 is 5.73 Å². The molecule has 2 aliphatic rings. The van der Waals surface area contributed by atoms with Crippen molar-refractivity contribution in [3.05, 3.63) is 94.2 Å². The lowest BCUT2D eigenvalue weighted by atomic mass is 9.50. The molecule has 8 heteroatoms. The summed E-state index contributed by atoms with van der Waals surface area (Å²) < 4.78 is 42.4. The molecule has 1 heterocycles. The van der Waals surface area contributed by atoms with Gasteiger partial charge in [0.25, 0.3) is 0 Å². The molecule has 0 saturated carbocycles. The second kappa shape index (κ2) is 8.62. The first-order valence-electron chi connectivity index (χ1n) is 11.0. The molecule has 2 atom stereocenters. The topological polar surface area (TPSA) is 101 Å². The predicted octanol–water partition coefficient (Wildman–Crippen LogP) is 5.02. The van der Waals surface area contributed by atoms with Crippen molar-refractivity contribution in [2.45, 2.75) is 25.6 Å². The highest BCUT2D eigenvalue weighted by Gasteiger charge is 2.61. The van der Waals surface area contributed by atoms with Crippen LogP contribution in [-0.4, -0.2) is 18.0 Å². The summed E-state index contributed by atoms with van der Waals surface area (Å²) >= 11 is 0. The quantitative estimate of drug-likeness (QED) is 0.675. The van der Waals surface area contributed by atoms with Crippen molar-refractivity contribution in [1.29, 1.82) is 15.8 Å². The lowest BCUT2D eigenvalue weighted by Crippen LogP contribution is -2.54. The van der Waals surface area contributed by atoms with Crippen LogP contribution in [0.5, 0.6) is 0 Å². The van der Waals surface area contributed by atoms with Gasteiger partial charge in [-0.1, -0.05) is 61.5 Å². The molecule has 5 nitrogen and oxygen atoms in total. The fourth-order valence-electron chi connectivity index (χ4n) is 5.62. The monoisotopic (exact) mass is 473 g/mol. The normalized spacial score (nSPS) is 23.9. The third-order valence-corrected chi connectivity index (χ3v) is 7.05. The second-order valence-electron chi connectivity index (χ2n) is 9.14. The Morgan fingerprint density at radius 2 is 1.66 bits per heavy atom.